The number of hydrogen-bond acceptors (Lipinski definition) is 3. The van der Waals surface area contributed by atoms with Crippen LogP contribution in [0.25, 0.3) is 11.1 Å². The summed E-state index contributed by atoms with van der Waals surface area (Å²) in [7, 11) is 0. The highest BCUT2D eigenvalue weighted by molar-refractivity contribution is 5.67. The first kappa shape index (κ1) is 16.4. The number of aromatic nitrogens is 1. The van der Waals surface area contributed by atoms with Crippen LogP contribution in [0.4, 0.5) is 18.9 Å². The van der Waals surface area contributed by atoms with Crippen molar-refractivity contribution in [3.63, 3.8) is 0 Å². The topological polar surface area (TPSA) is 19.4 Å². The SMILES string of the molecule is FC(F)(F)c1ccc(-c2cncc(N3CCN4CCCC3C4)c2)cc1. The van der Waals surface area contributed by atoms with Gasteiger partial charge in [0.15, 0.2) is 0 Å². The molecule has 6 heteroatoms. The van der Waals surface area contributed by atoms with Crippen LogP contribution in [0, 0.1) is 0 Å². The predicted octanol–water partition coefficient (Wildman–Crippen LogP) is 4.05. The molecular formula is C19H20F3N3. The Morgan fingerprint density at radius 2 is 1.76 bits per heavy atom. The summed E-state index contributed by atoms with van der Waals surface area (Å²) in [6, 6.07) is 7.83. The van der Waals surface area contributed by atoms with Gasteiger partial charge >= 0.3 is 6.18 Å². The molecular weight excluding hydrogens is 327 g/mol. The first-order chi connectivity index (χ1) is 12.0. The van der Waals surface area contributed by atoms with Crippen molar-refractivity contribution in [1.82, 2.24) is 9.88 Å². The minimum Gasteiger partial charge on any atom is -0.365 e. The molecule has 2 fully saturated rings. The largest absolute Gasteiger partial charge is 0.416 e. The summed E-state index contributed by atoms with van der Waals surface area (Å²) in [5.74, 6) is 0. The van der Waals surface area contributed by atoms with Crippen molar-refractivity contribution in [1.29, 1.82) is 0 Å². The highest BCUT2D eigenvalue weighted by Gasteiger charge is 2.31. The molecule has 0 N–H and O–H groups in total. The van der Waals surface area contributed by atoms with Crippen LogP contribution >= 0.6 is 0 Å². The Morgan fingerprint density at radius 1 is 0.960 bits per heavy atom. The van der Waals surface area contributed by atoms with Crippen molar-refractivity contribution in [2.75, 3.05) is 31.1 Å². The Bertz CT molecular complexity index is 742. The average molecular weight is 347 g/mol. The molecule has 1 aromatic heterocycles. The second-order valence-electron chi connectivity index (χ2n) is 6.80. The molecule has 0 radical (unpaired) electrons. The first-order valence-corrected chi connectivity index (χ1v) is 8.62. The smallest absolute Gasteiger partial charge is 0.365 e. The second kappa shape index (κ2) is 6.33. The van der Waals surface area contributed by atoms with Crippen molar-refractivity contribution in [2.45, 2.75) is 25.1 Å². The Balaban J connectivity index is 1.59. The van der Waals surface area contributed by atoms with Gasteiger partial charge in [-0.3, -0.25) is 9.88 Å². The number of pyridine rings is 1. The summed E-state index contributed by atoms with van der Waals surface area (Å²) >= 11 is 0. The van der Waals surface area contributed by atoms with E-state index in [0.29, 0.717) is 6.04 Å². The van der Waals surface area contributed by atoms with Crippen molar-refractivity contribution < 1.29 is 13.2 Å². The lowest BCUT2D eigenvalue weighted by molar-refractivity contribution is -0.137. The van der Waals surface area contributed by atoms with Gasteiger partial charge in [-0.15, -0.1) is 0 Å². The number of halogens is 3. The van der Waals surface area contributed by atoms with Gasteiger partial charge in [-0.2, -0.15) is 13.2 Å². The van der Waals surface area contributed by atoms with Gasteiger partial charge in [-0.1, -0.05) is 12.1 Å². The van der Waals surface area contributed by atoms with E-state index in [0.717, 1.165) is 48.6 Å². The van der Waals surface area contributed by atoms with E-state index in [9.17, 15) is 13.2 Å². The summed E-state index contributed by atoms with van der Waals surface area (Å²) in [6.45, 7) is 4.31. The molecule has 4 rings (SSSR count). The molecule has 0 saturated carbocycles. The van der Waals surface area contributed by atoms with E-state index in [1.807, 2.05) is 12.3 Å². The van der Waals surface area contributed by atoms with Gasteiger partial charge in [0.05, 0.1) is 17.4 Å². The van der Waals surface area contributed by atoms with Gasteiger partial charge in [0.1, 0.15) is 0 Å². The van der Waals surface area contributed by atoms with Crippen molar-refractivity contribution in [3.8, 4) is 11.1 Å². The van der Waals surface area contributed by atoms with Crippen molar-refractivity contribution in [3.05, 3.63) is 48.3 Å². The number of anilines is 1. The number of piperazine rings is 1. The van der Waals surface area contributed by atoms with Crippen molar-refractivity contribution in [2.24, 2.45) is 0 Å². The number of benzene rings is 1. The number of fused-ring (bicyclic) bond motifs is 2. The van der Waals surface area contributed by atoms with Crippen LogP contribution in [-0.4, -0.2) is 42.1 Å². The zero-order chi connectivity index (χ0) is 17.4. The predicted molar refractivity (Wildman–Crippen MR) is 91.5 cm³/mol. The van der Waals surface area contributed by atoms with Crippen LogP contribution in [0.1, 0.15) is 18.4 Å². The number of nitrogens with zero attached hydrogens (tertiary/aromatic N) is 3. The Hall–Kier alpha value is -2.08. The third-order valence-corrected chi connectivity index (χ3v) is 5.18. The number of alkyl halides is 3. The Kier molecular flexibility index (Phi) is 4.15. The Morgan fingerprint density at radius 3 is 2.52 bits per heavy atom. The van der Waals surface area contributed by atoms with E-state index in [4.69, 9.17) is 0 Å². The highest BCUT2D eigenvalue weighted by Crippen LogP contribution is 2.32. The number of piperidine rings is 1. The summed E-state index contributed by atoms with van der Waals surface area (Å²) in [6.07, 6.45) is 1.66. The normalized spacial score (nSPS) is 23.6. The molecule has 132 valence electrons. The summed E-state index contributed by atoms with van der Waals surface area (Å²) in [5, 5.41) is 0. The van der Waals surface area contributed by atoms with Gasteiger partial charge in [0.2, 0.25) is 0 Å². The third-order valence-electron chi connectivity index (χ3n) is 5.18. The quantitative estimate of drug-likeness (QED) is 0.817. The van der Waals surface area contributed by atoms with E-state index in [2.05, 4.69) is 14.8 Å². The molecule has 2 aliphatic heterocycles. The molecule has 2 aromatic rings. The van der Waals surface area contributed by atoms with Crippen LogP contribution in [-0.2, 0) is 6.18 Å². The van der Waals surface area contributed by atoms with Crippen LogP contribution in [0.2, 0.25) is 0 Å². The summed E-state index contributed by atoms with van der Waals surface area (Å²) in [5.41, 5.74) is 2.04. The van der Waals surface area contributed by atoms with E-state index in [1.54, 1.807) is 6.20 Å². The van der Waals surface area contributed by atoms with Crippen LogP contribution in [0.5, 0.6) is 0 Å². The minimum absolute atomic E-state index is 0.507. The molecule has 2 saturated heterocycles. The van der Waals surface area contributed by atoms with Crippen molar-refractivity contribution >= 4 is 5.69 Å². The molecule has 25 heavy (non-hydrogen) atoms. The van der Waals surface area contributed by atoms with Gasteiger partial charge in [0.25, 0.3) is 0 Å². The van der Waals surface area contributed by atoms with Crippen LogP contribution in [0.15, 0.2) is 42.7 Å². The van der Waals surface area contributed by atoms with Gasteiger partial charge in [0, 0.05) is 37.4 Å². The van der Waals surface area contributed by atoms with Crippen LogP contribution < -0.4 is 4.90 Å². The van der Waals surface area contributed by atoms with E-state index in [1.165, 1.54) is 31.5 Å². The van der Waals surface area contributed by atoms with Gasteiger partial charge < -0.3 is 4.90 Å². The molecule has 2 unspecified atom stereocenters. The number of rotatable bonds is 2. The highest BCUT2D eigenvalue weighted by atomic mass is 19.4. The fraction of sp³-hybridized carbons (Fsp3) is 0.421. The lowest BCUT2D eigenvalue weighted by Gasteiger charge is -2.46. The fourth-order valence-corrected chi connectivity index (χ4v) is 3.85. The molecule has 2 bridgehead atoms. The van der Waals surface area contributed by atoms with Gasteiger partial charge in [-0.05, 0) is 43.1 Å². The summed E-state index contributed by atoms with van der Waals surface area (Å²) < 4.78 is 38.2. The zero-order valence-electron chi connectivity index (χ0n) is 13.8. The standard InChI is InChI=1S/C19H20F3N3/c20-19(21,22)16-5-3-14(4-6-16)15-10-18(12-23-11-15)25-9-8-24-7-1-2-17(25)13-24/h3-6,10-12,17H,1-2,7-9,13H2. The van der Waals surface area contributed by atoms with E-state index >= 15 is 0 Å². The monoisotopic (exact) mass is 347 g/mol. The maximum absolute atomic E-state index is 12.7. The third kappa shape index (κ3) is 3.35. The average Bonchev–Trinajstić information content (AvgIpc) is 2.62. The fourth-order valence-electron chi connectivity index (χ4n) is 3.85. The molecule has 3 heterocycles. The molecule has 1 aromatic carbocycles. The first-order valence-electron chi connectivity index (χ1n) is 8.62. The lowest BCUT2D eigenvalue weighted by atomic mass is 9.99. The van der Waals surface area contributed by atoms with Crippen LogP contribution in [0.3, 0.4) is 0 Å². The molecule has 3 nitrogen and oxygen atoms in total. The molecule has 2 atom stereocenters. The maximum Gasteiger partial charge on any atom is 0.416 e. The van der Waals surface area contributed by atoms with E-state index < -0.39 is 11.7 Å². The molecule has 0 spiro atoms. The van der Waals surface area contributed by atoms with E-state index in [-0.39, 0.29) is 0 Å². The maximum atomic E-state index is 12.7. The van der Waals surface area contributed by atoms with Gasteiger partial charge in [-0.25, -0.2) is 0 Å². The molecule has 0 aliphatic carbocycles. The number of hydrogen-bond donors (Lipinski definition) is 0. The second-order valence-corrected chi connectivity index (χ2v) is 6.80. The Labute approximate surface area is 145 Å². The summed E-state index contributed by atoms with van der Waals surface area (Å²) in [4.78, 5) is 9.23. The zero-order valence-corrected chi connectivity index (χ0v) is 13.8. The lowest BCUT2D eigenvalue weighted by Crippen LogP contribution is -2.56. The molecule has 2 aliphatic rings. The minimum atomic E-state index is -4.31. The molecule has 0 amide bonds.